The zero-order chi connectivity index (χ0) is 23.6. The second-order valence-corrected chi connectivity index (χ2v) is 7.35. The Morgan fingerprint density at radius 2 is 1.59 bits per heavy atom. The molecule has 2 aliphatic heterocycles. The number of aliphatic hydroxyl groups excluding tert-OH is 6. The van der Waals surface area contributed by atoms with E-state index in [9.17, 15) is 45.1 Å². The smallest absolute Gasteiger partial charge is 0.269 e. The van der Waals surface area contributed by atoms with E-state index in [4.69, 9.17) is 18.9 Å². The van der Waals surface area contributed by atoms with Gasteiger partial charge in [0.2, 0.25) is 6.29 Å². The first-order valence-corrected chi connectivity index (χ1v) is 9.62. The highest BCUT2D eigenvalue weighted by Crippen LogP contribution is 2.33. The van der Waals surface area contributed by atoms with E-state index in [0.717, 1.165) is 12.1 Å². The summed E-state index contributed by atoms with van der Waals surface area (Å²) in [6, 6.07) is 4.80. The van der Waals surface area contributed by atoms with E-state index in [0.29, 0.717) is 0 Å². The molecule has 0 aromatic heterocycles. The highest BCUT2D eigenvalue weighted by molar-refractivity contribution is 5.36. The molecule has 1 aromatic rings. The lowest BCUT2D eigenvalue weighted by Crippen LogP contribution is -2.45. The minimum atomic E-state index is -1.74. The average molecular weight is 465 g/mol. The lowest BCUT2D eigenvalue weighted by molar-refractivity contribution is -0.384. The van der Waals surface area contributed by atoms with Crippen molar-refractivity contribution in [2.45, 2.75) is 61.4 Å². The molecule has 2 heterocycles. The van der Waals surface area contributed by atoms with Gasteiger partial charge < -0.3 is 49.6 Å². The molecule has 0 amide bonds. The average Bonchev–Trinajstić information content (AvgIpc) is 3.24. The van der Waals surface area contributed by atoms with Crippen LogP contribution in [0.5, 0.6) is 5.75 Å². The van der Waals surface area contributed by atoms with Crippen molar-refractivity contribution in [2.75, 3.05) is 13.3 Å². The van der Waals surface area contributed by atoms with Crippen molar-refractivity contribution in [3.8, 4) is 5.75 Å². The van der Waals surface area contributed by atoms with Gasteiger partial charge in [0.25, 0.3) is 5.69 Å². The molecular weight excluding hydrogens is 441 g/mol. The molecule has 13 nitrogen and oxygen atoms in total. The summed E-state index contributed by atoms with van der Waals surface area (Å²) >= 11 is 0. The van der Waals surface area contributed by atoms with E-state index in [2.05, 4.69) is 0 Å². The van der Waals surface area contributed by atoms with E-state index < -0.39 is 79.6 Å². The Morgan fingerprint density at radius 3 is 2.16 bits per heavy atom. The Bertz CT molecular complexity index is 769. The SMILES string of the molecule is O=[N+]([O-])c1ccc(O[C@@H]2O[C@@H]([C@H](O)CO)[C@H](O)[C@H]2O[C@@H]2O[C@@H]([C@H](O)CF)[C@H](O)[C@H]2O)cc1. The zero-order valence-corrected chi connectivity index (χ0v) is 16.5. The van der Waals surface area contributed by atoms with Gasteiger partial charge in [0.05, 0.1) is 11.5 Å². The second kappa shape index (κ2) is 10.3. The molecule has 0 spiro atoms. The lowest BCUT2D eigenvalue weighted by atomic mass is 10.1. The molecule has 180 valence electrons. The van der Waals surface area contributed by atoms with Gasteiger partial charge in [-0.2, -0.15) is 0 Å². The van der Waals surface area contributed by atoms with Crippen molar-refractivity contribution in [3.63, 3.8) is 0 Å². The highest BCUT2D eigenvalue weighted by atomic mass is 19.1. The van der Waals surface area contributed by atoms with Gasteiger partial charge in [-0.25, -0.2) is 4.39 Å². The van der Waals surface area contributed by atoms with Crippen LogP contribution in [-0.4, -0.2) is 110 Å². The van der Waals surface area contributed by atoms with Crippen molar-refractivity contribution in [1.82, 2.24) is 0 Å². The minimum Gasteiger partial charge on any atom is -0.462 e. The first-order valence-electron chi connectivity index (χ1n) is 9.62. The number of aliphatic hydroxyl groups is 6. The summed E-state index contributed by atoms with van der Waals surface area (Å²) in [6.07, 6.45) is -15.7. The van der Waals surface area contributed by atoms with E-state index in [1.54, 1.807) is 0 Å². The molecule has 6 N–H and O–H groups in total. The zero-order valence-electron chi connectivity index (χ0n) is 16.5. The van der Waals surface area contributed by atoms with Crippen molar-refractivity contribution in [1.29, 1.82) is 0 Å². The van der Waals surface area contributed by atoms with Crippen LogP contribution in [0.25, 0.3) is 0 Å². The number of benzene rings is 1. The summed E-state index contributed by atoms with van der Waals surface area (Å²) in [5.41, 5.74) is -0.208. The quantitative estimate of drug-likeness (QED) is 0.167. The van der Waals surface area contributed by atoms with Gasteiger partial charge in [-0.3, -0.25) is 10.1 Å². The maximum atomic E-state index is 12.8. The van der Waals surface area contributed by atoms with E-state index in [-0.39, 0.29) is 11.4 Å². The third kappa shape index (κ3) is 4.98. The third-order valence-corrected chi connectivity index (χ3v) is 5.18. The van der Waals surface area contributed by atoms with Crippen molar-refractivity contribution in [2.24, 2.45) is 0 Å². The Morgan fingerprint density at radius 1 is 1.00 bits per heavy atom. The number of hydrogen-bond donors (Lipinski definition) is 6. The molecule has 0 radical (unpaired) electrons. The highest BCUT2D eigenvalue weighted by Gasteiger charge is 2.54. The fourth-order valence-electron chi connectivity index (χ4n) is 3.45. The Hall–Kier alpha value is -2.01. The predicted molar refractivity (Wildman–Crippen MR) is 99.0 cm³/mol. The second-order valence-electron chi connectivity index (χ2n) is 7.35. The summed E-state index contributed by atoms with van der Waals surface area (Å²) in [5, 5.41) is 70.2. The van der Waals surface area contributed by atoms with Gasteiger partial charge in [0.1, 0.15) is 55.2 Å². The summed E-state index contributed by atoms with van der Waals surface area (Å²) in [6.45, 7) is -2.03. The number of nitro benzene ring substituents is 1. The van der Waals surface area contributed by atoms with Gasteiger partial charge in [-0.15, -0.1) is 0 Å². The molecule has 0 aliphatic carbocycles. The summed E-state index contributed by atoms with van der Waals surface area (Å²) in [7, 11) is 0. The molecule has 3 rings (SSSR count). The minimum absolute atomic E-state index is 0.0687. The monoisotopic (exact) mass is 465 g/mol. The number of rotatable bonds is 9. The molecule has 2 fully saturated rings. The van der Waals surface area contributed by atoms with Crippen LogP contribution < -0.4 is 4.74 Å². The molecule has 0 unspecified atom stereocenters. The van der Waals surface area contributed by atoms with Crippen LogP contribution in [0.15, 0.2) is 24.3 Å². The third-order valence-electron chi connectivity index (χ3n) is 5.18. The molecular formula is C18H24FNO12. The van der Waals surface area contributed by atoms with E-state index >= 15 is 0 Å². The van der Waals surface area contributed by atoms with Crippen LogP contribution in [-0.2, 0) is 14.2 Å². The summed E-state index contributed by atoms with van der Waals surface area (Å²) in [5.74, 6) is 0.0687. The van der Waals surface area contributed by atoms with Gasteiger partial charge in [-0.1, -0.05) is 0 Å². The van der Waals surface area contributed by atoms with Crippen LogP contribution in [0.3, 0.4) is 0 Å². The summed E-state index contributed by atoms with van der Waals surface area (Å²) < 4.78 is 34.4. The van der Waals surface area contributed by atoms with Crippen LogP contribution in [0.2, 0.25) is 0 Å². The molecule has 2 saturated heterocycles. The number of ether oxygens (including phenoxy) is 4. The van der Waals surface area contributed by atoms with Crippen molar-refractivity contribution >= 4 is 5.69 Å². The molecule has 0 bridgehead atoms. The first-order chi connectivity index (χ1) is 15.2. The van der Waals surface area contributed by atoms with Gasteiger partial charge in [-0.05, 0) is 12.1 Å². The van der Waals surface area contributed by atoms with Crippen LogP contribution >= 0.6 is 0 Å². The fourth-order valence-corrected chi connectivity index (χ4v) is 3.45. The molecule has 1 aromatic carbocycles. The maximum Gasteiger partial charge on any atom is 0.269 e. The lowest BCUT2D eigenvalue weighted by Gasteiger charge is -2.26. The first kappa shape index (κ1) is 24.6. The molecule has 2 aliphatic rings. The van der Waals surface area contributed by atoms with Crippen LogP contribution in [0.1, 0.15) is 0 Å². The van der Waals surface area contributed by atoms with E-state index in [1.165, 1.54) is 12.1 Å². The van der Waals surface area contributed by atoms with Gasteiger partial charge >= 0.3 is 0 Å². The van der Waals surface area contributed by atoms with Gasteiger partial charge in [0, 0.05) is 12.1 Å². The number of non-ortho nitro benzene ring substituents is 1. The Balaban J connectivity index is 1.77. The van der Waals surface area contributed by atoms with E-state index in [1.807, 2.05) is 0 Å². The van der Waals surface area contributed by atoms with Crippen LogP contribution in [0, 0.1) is 10.1 Å². The van der Waals surface area contributed by atoms with Crippen molar-refractivity contribution in [3.05, 3.63) is 34.4 Å². The number of halogens is 1. The molecule has 0 saturated carbocycles. The number of nitro groups is 1. The van der Waals surface area contributed by atoms with Crippen molar-refractivity contribution < 1.29 is 58.9 Å². The normalized spacial score (nSPS) is 36.7. The number of alkyl halides is 1. The summed E-state index contributed by atoms with van der Waals surface area (Å²) in [4.78, 5) is 10.2. The standard InChI is InChI=1S/C18H24FNO12/c19-5-9(22)14-11(24)12(25)17(30-14)32-16-13(26)15(10(23)6-21)31-18(16)29-8-3-1-7(2-4-8)20(27)28/h1-4,9-18,21-26H,5-6H2/t9-,10-,11-,12-,13+,14+,15+,16-,17+,18-/m1/s1. The molecule has 32 heavy (non-hydrogen) atoms. The maximum absolute atomic E-state index is 12.8. The fraction of sp³-hybridized carbons (Fsp3) is 0.667. The topological polar surface area (TPSA) is 201 Å². The largest absolute Gasteiger partial charge is 0.462 e. The number of nitrogens with zero attached hydrogens (tertiary/aromatic N) is 1. The molecule has 14 heteroatoms. The Labute approximate surface area is 180 Å². The molecule has 10 atom stereocenters. The predicted octanol–water partition coefficient (Wildman–Crippen LogP) is -2.43. The van der Waals surface area contributed by atoms with Crippen LogP contribution in [0.4, 0.5) is 10.1 Å². The Kier molecular flexibility index (Phi) is 7.92. The number of hydrogen-bond acceptors (Lipinski definition) is 12. The van der Waals surface area contributed by atoms with Gasteiger partial charge in [0.15, 0.2) is 12.4 Å².